The van der Waals surface area contributed by atoms with Crippen LogP contribution in [0.2, 0.25) is 0 Å². The average molecular weight is 473 g/mol. The fourth-order valence-corrected chi connectivity index (χ4v) is 9.02. The molecule has 1 aromatic heterocycles. The number of nitro groups is 1. The van der Waals surface area contributed by atoms with Crippen LogP contribution in [0.4, 0.5) is 0 Å². The quantitative estimate of drug-likeness (QED) is 0.167. The molecule has 0 saturated carbocycles. The first-order chi connectivity index (χ1) is 16.6. The van der Waals surface area contributed by atoms with Crippen molar-refractivity contribution < 1.29 is 18.9 Å². The number of methoxy groups -OCH3 is 1. The van der Waals surface area contributed by atoms with Gasteiger partial charge in [-0.2, -0.15) is 0 Å². The molecule has 172 valence electrons. The third-order valence-corrected chi connectivity index (χ3v) is 10.2. The highest BCUT2D eigenvalue weighted by molar-refractivity contribution is 7.96. The monoisotopic (exact) mass is 473 g/mol. The maximum Gasteiger partial charge on any atom is 0.335 e. The average Bonchev–Trinajstić information content (AvgIpc) is 3.42. The fourth-order valence-electron chi connectivity index (χ4n) is 4.39. The first-order valence-electron chi connectivity index (χ1n) is 10.8. The number of ether oxygens (including phenoxy) is 1. The summed E-state index contributed by atoms with van der Waals surface area (Å²) in [5, 5.41) is 14.9. The number of carbonyl (C=O) groups excluding carboxylic acids is 1. The van der Waals surface area contributed by atoms with Gasteiger partial charge < -0.3 is 9.15 Å². The molecule has 1 heterocycles. The van der Waals surface area contributed by atoms with Crippen LogP contribution in [0, 0.1) is 10.1 Å². The molecule has 34 heavy (non-hydrogen) atoms. The van der Waals surface area contributed by atoms with Crippen molar-refractivity contribution in [3.05, 3.63) is 125 Å². The van der Waals surface area contributed by atoms with E-state index in [9.17, 15) is 14.9 Å². The lowest BCUT2D eigenvalue weighted by atomic mass is 10.0. The van der Waals surface area contributed by atoms with Crippen molar-refractivity contribution in [2.75, 3.05) is 13.7 Å². The Morgan fingerprint density at radius 3 is 1.68 bits per heavy atom. The fraction of sp³-hybridized carbons (Fsp3) is 0.111. The van der Waals surface area contributed by atoms with Crippen LogP contribution < -0.4 is 15.9 Å². The van der Waals surface area contributed by atoms with E-state index in [1.165, 1.54) is 13.4 Å². The lowest BCUT2D eigenvalue weighted by Gasteiger charge is -2.33. The minimum Gasteiger partial charge on any atom is -0.468 e. The molecule has 0 saturated heterocycles. The van der Waals surface area contributed by atoms with Gasteiger partial charge in [0.1, 0.15) is 11.7 Å². The smallest absolute Gasteiger partial charge is 0.335 e. The molecule has 1 atom stereocenters. The van der Waals surface area contributed by atoms with E-state index in [0.717, 1.165) is 15.9 Å². The lowest BCUT2D eigenvalue weighted by Crippen LogP contribution is -2.38. The summed E-state index contributed by atoms with van der Waals surface area (Å²) in [5.74, 6) is -1.16. The molecule has 3 aromatic carbocycles. The van der Waals surface area contributed by atoms with E-state index in [-0.39, 0.29) is 0 Å². The summed E-state index contributed by atoms with van der Waals surface area (Å²) in [4.78, 5) is 25.2. The van der Waals surface area contributed by atoms with Crippen molar-refractivity contribution in [2.24, 2.45) is 0 Å². The topological polar surface area (TPSA) is 82.6 Å². The summed E-state index contributed by atoms with van der Waals surface area (Å²) in [6.45, 7) is -3.42. The molecule has 0 radical (unpaired) electrons. The Morgan fingerprint density at radius 1 is 0.853 bits per heavy atom. The highest BCUT2D eigenvalue weighted by Crippen LogP contribution is 2.49. The summed E-state index contributed by atoms with van der Waals surface area (Å²) in [6.07, 6.45) is 1.46. The Labute approximate surface area is 197 Å². The lowest BCUT2D eigenvalue weighted by molar-refractivity contribution is -0.481. The molecule has 0 fully saturated rings. The van der Waals surface area contributed by atoms with Gasteiger partial charge in [-0.25, -0.2) is 4.79 Å². The molecule has 0 N–H and O–H groups in total. The Kier molecular flexibility index (Phi) is 7.09. The second-order valence-corrected chi connectivity index (χ2v) is 11.0. The zero-order valence-electron chi connectivity index (χ0n) is 18.6. The van der Waals surface area contributed by atoms with Gasteiger partial charge >= 0.3 is 5.97 Å². The van der Waals surface area contributed by atoms with Crippen molar-refractivity contribution in [1.29, 1.82) is 0 Å². The number of esters is 1. The third-order valence-electron chi connectivity index (χ3n) is 5.73. The summed E-state index contributed by atoms with van der Waals surface area (Å²) in [5.41, 5.74) is 0. The molecule has 0 aliphatic heterocycles. The van der Waals surface area contributed by atoms with Crippen LogP contribution >= 0.6 is 6.89 Å². The number of nitrogens with zero attached hydrogens (tertiary/aromatic N) is 1. The van der Waals surface area contributed by atoms with Gasteiger partial charge in [-0.05, 0) is 34.9 Å². The van der Waals surface area contributed by atoms with Gasteiger partial charge in [0.05, 0.1) is 18.7 Å². The second-order valence-electron chi connectivity index (χ2n) is 7.64. The van der Waals surface area contributed by atoms with Gasteiger partial charge in [0.15, 0.2) is 0 Å². The van der Waals surface area contributed by atoms with Crippen LogP contribution in [0.3, 0.4) is 0 Å². The molecule has 7 heteroatoms. The number of rotatable bonds is 8. The normalized spacial score (nSPS) is 12.0. The van der Waals surface area contributed by atoms with Gasteiger partial charge in [-0.3, -0.25) is 10.1 Å². The number of benzene rings is 3. The van der Waals surface area contributed by atoms with E-state index in [4.69, 9.17) is 9.15 Å². The molecular formula is C27H24NO5P. The minimum atomic E-state index is -2.91. The van der Waals surface area contributed by atoms with Gasteiger partial charge in [-0.15, -0.1) is 0 Å². The Bertz CT molecular complexity index is 1200. The highest BCUT2D eigenvalue weighted by Gasteiger charge is 2.41. The van der Waals surface area contributed by atoms with E-state index < -0.39 is 30.2 Å². The molecular weight excluding hydrogens is 449 g/mol. The van der Waals surface area contributed by atoms with Crippen LogP contribution in [0.1, 0.15) is 11.7 Å². The van der Waals surface area contributed by atoms with Crippen molar-refractivity contribution >= 4 is 34.1 Å². The maximum absolute atomic E-state index is 13.7. The van der Waals surface area contributed by atoms with Crippen LogP contribution in [0.15, 0.2) is 114 Å². The van der Waals surface area contributed by atoms with Crippen LogP contribution in [-0.4, -0.2) is 29.8 Å². The van der Waals surface area contributed by atoms with Crippen LogP contribution in [-0.2, 0) is 9.53 Å². The summed E-state index contributed by atoms with van der Waals surface area (Å²) >= 11 is 0. The van der Waals surface area contributed by atoms with Crippen LogP contribution in [0.5, 0.6) is 0 Å². The van der Waals surface area contributed by atoms with Crippen molar-refractivity contribution in [1.82, 2.24) is 0 Å². The molecule has 0 aliphatic carbocycles. The molecule has 0 bridgehead atoms. The van der Waals surface area contributed by atoms with Crippen LogP contribution in [0.25, 0.3) is 0 Å². The van der Waals surface area contributed by atoms with Crippen molar-refractivity contribution in [3.8, 4) is 0 Å². The summed E-state index contributed by atoms with van der Waals surface area (Å²) < 4.78 is 11.0. The Hall–Kier alpha value is -3.89. The zero-order chi connectivity index (χ0) is 24.0. The summed E-state index contributed by atoms with van der Waals surface area (Å²) in [7, 11) is 1.31. The van der Waals surface area contributed by atoms with E-state index in [1.54, 1.807) is 12.1 Å². The van der Waals surface area contributed by atoms with Gasteiger partial charge in [0.25, 0.3) is 0 Å². The predicted octanol–water partition coefficient (Wildman–Crippen LogP) is 3.98. The van der Waals surface area contributed by atoms with E-state index >= 15 is 0 Å². The van der Waals surface area contributed by atoms with Gasteiger partial charge in [0, 0.05) is 4.92 Å². The van der Waals surface area contributed by atoms with Gasteiger partial charge in [0.2, 0.25) is 6.54 Å². The third kappa shape index (κ3) is 4.33. The van der Waals surface area contributed by atoms with E-state index in [1.807, 2.05) is 91.0 Å². The van der Waals surface area contributed by atoms with E-state index in [2.05, 4.69) is 0 Å². The number of carbonyl (C=O) groups is 1. The zero-order valence-corrected chi connectivity index (χ0v) is 19.5. The van der Waals surface area contributed by atoms with E-state index in [0.29, 0.717) is 11.1 Å². The van der Waals surface area contributed by atoms with Crippen molar-refractivity contribution in [2.45, 2.75) is 5.92 Å². The standard InChI is InChI=1S/C27H24NO5P/c1-32-27(29)26(24(20-28(30)31)25-18-11-19-33-25)34(21-12-5-2-6-13-21,22-14-7-3-8-15-22)23-16-9-4-10-17-23/h2-19,24H,20H2,1H3/t24-/m0/s1. The molecule has 4 rings (SSSR count). The second kappa shape index (κ2) is 10.4. The maximum atomic E-state index is 13.7. The Morgan fingerprint density at radius 2 is 1.32 bits per heavy atom. The first kappa shape index (κ1) is 23.3. The minimum absolute atomic E-state index is 0.324. The number of hydrogen-bond donors (Lipinski definition) is 0. The van der Waals surface area contributed by atoms with Crippen molar-refractivity contribution in [3.63, 3.8) is 0 Å². The summed E-state index contributed by atoms with van der Waals surface area (Å²) in [6, 6.07) is 32.4. The molecule has 0 unspecified atom stereocenters. The van der Waals surface area contributed by atoms with Gasteiger partial charge in [-0.1, -0.05) is 91.0 Å². The largest absolute Gasteiger partial charge is 0.468 e. The Balaban J connectivity index is 2.29. The highest BCUT2D eigenvalue weighted by atomic mass is 31.2. The molecule has 4 aromatic rings. The molecule has 0 spiro atoms. The first-order valence-corrected chi connectivity index (χ1v) is 12.5. The molecule has 0 aliphatic rings. The molecule has 0 amide bonds. The number of furan rings is 1. The predicted molar refractivity (Wildman–Crippen MR) is 135 cm³/mol. The molecule has 6 nitrogen and oxygen atoms in total. The SMILES string of the molecule is COC(=O)C([C@@H](C[N+](=O)[O-])c1ccco1)=P(c1ccccc1)(c1ccccc1)c1ccccc1. The number of hydrogen-bond acceptors (Lipinski definition) is 5.